The molecule has 2 aliphatic carbocycles. The Morgan fingerprint density at radius 1 is 1.39 bits per heavy atom. The number of hydrogen-bond donors (Lipinski definition) is 0. The van der Waals surface area contributed by atoms with Crippen molar-refractivity contribution in [1.29, 1.82) is 0 Å². The lowest BCUT2D eigenvalue weighted by atomic mass is 9.82. The monoisotopic (exact) mass is 310 g/mol. The first-order valence-electron chi connectivity index (χ1n) is 6.45. The number of ether oxygens (including phenoxy) is 1. The summed E-state index contributed by atoms with van der Waals surface area (Å²) in [7, 11) is 1.47. The van der Waals surface area contributed by atoms with Gasteiger partial charge < -0.3 is 4.74 Å². The second kappa shape index (κ2) is 5.87. The lowest BCUT2D eigenvalue weighted by molar-refractivity contribution is -0.145. The Balaban J connectivity index is 2.05. The Labute approximate surface area is 117 Å². The molecule has 0 saturated heterocycles. The molecule has 0 N–H and O–H groups in total. The van der Waals surface area contributed by atoms with E-state index >= 15 is 0 Å². The van der Waals surface area contributed by atoms with Gasteiger partial charge in [-0.05, 0) is 47.2 Å². The van der Waals surface area contributed by atoms with E-state index in [1.54, 1.807) is 0 Å². The van der Waals surface area contributed by atoms with Crippen molar-refractivity contribution >= 4 is 21.9 Å². The molecule has 2 unspecified atom stereocenters. The molecule has 0 aliphatic heterocycles. The Morgan fingerprint density at radius 2 is 2.17 bits per heavy atom. The third kappa shape index (κ3) is 2.94. The number of rotatable bonds is 2. The van der Waals surface area contributed by atoms with Gasteiger partial charge in [0.25, 0.3) is 0 Å². The molecular weight excluding hydrogens is 292 g/mol. The average molecular weight is 311 g/mol. The van der Waals surface area contributed by atoms with Gasteiger partial charge in [0.05, 0.1) is 13.0 Å². The van der Waals surface area contributed by atoms with Gasteiger partial charge >= 0.3 is 5.97 Å². The SMILES string of the molecule is COC(=O)C1CC=C(C2=CC=C(Br)C(C)C2)CC1. The van der Waals surface area contributed by atoms with Gasteiger partial charge in [0.15, 0.2) is 0 Å². The third-order valence-corrected chi connectivity index (χ3v) is 4.84. The van der Waals surface area contributed by atoms with Crippen molar-refractivity contribution in [3.63, 3.8) is 0 Å². The van der Waals surface area contributed by atoms with Gasteiger partial charge in [-0.15, -0.1) is 0 Å². The first kappa shape index (κ1) is 13.6. The number of allylic oxidation sites excluding steroid dienone is 6. The van der Waals surface area contributed by atoms with Crippen LogP contribution in [0.3, 0.4) is 0 Å². The molecule has 0 spiro atoms. The van der Waals surface area contributed by atoms with Crippen LogP contribution in [0, 0.1) is 11.8 Å². The molecule has 0 heterocycles. The van der Waals surface area contributed by atoms with E-state index in [-0.39, 0.29) is 11.9 Å². The van der Waals surface area contributed by atoms with Crippen LogP contribution in [-0.4, -0.2) is 13.1 Å². The van der Waals surface area contributed by atoms with Crippen LogP contribution >= 0.6 is 15.9 Å². The minimum absolute atomic E-state index is 0.0580. The van der Waals surface area contributed by atoms with E-state index in [1.807, 2.05) is 0 Å². The van der Waals surface area contributed by atoms with Gasteiger partial charge in [-0.25, -0.2) is 0 Å². The maximum absolute atomic E-state index is 11.5. The summed E-state index contributed by atoms with van der Waals surface area (Å²) in [6, 6.07) is 0. The minimum atomic E-state index is -0.0704. The summed E-state index contributed by atoms with van der Waals surface area (Å²) in [6.07, 6.45) is 10.4. The Bertz CT molecular complexity index is 432. The zero-order valence-electron chi connectivity index (χ0n) is 10.9. The highest BCUT2D eigenvalue weighted by Crippen LogP contribution is 2.36. The number of carbonyl (C=O) groups excluding carboxylic acids is 1. The molecule has 98 valence electrons. The van der Waals surface area contributed by atoms with Crippen LogP contribution in [-0.2, 0) is 9.53 Å². The van der Waals surface area contributed by atoms with E-state index in [0.29, 0.717) is 5.92 Å². The highest BCUT2D eigenvalue weighted by molar-refractivity contribution is 9.11. The van der Waals surface area contributed by atoms with Gasteiger partial charge in [-0.1, -0.05) is 41.1 Å². The molecule has 3 heteroatoms. The Hall–Kier alpha value is -0.830. The van der Waals surface area contributed by atoms with Crippen molar-refractivity contribution in [1.82, 2.24) is 0 Å². The predicted octanol–water partition coefficient (Wildman–Crippen LogP) is 4.13. The van der Waals surface area contributed by atoms with Gasteiger partial charge in [0.2, 0.25) is 0 Å². The molecule has 0 amide bonds. The fraction of sp³-hybridized carbons (Fsp3) is 0.533. The smallest absolute Gasteiger partial charge is 0.308 e. The summed E-state index contributed by atoms with van der Waals surface area (Å²) in [5.41, 5.74) is 2.84. The standard InChI is InChI=1S/C15H19BrO2/c1-10-9-13(7-8-14(10)16)11-3-5-12(6-4-11)15(17)18-2/h3,7-8,10,12H,4-6,9H2,1-2H3. The van der Waals surface area contributed by atoms with E-state index in [4.69, 9.17) is 4.74 Å². The van der Waals surface area contributed by atoms with Crippen LogP contribution in [0.4, 0.5) is 0 Å². The number of carbonyl (C=O) groups is 1. The van der Waals surface area contributed by atoms with Crippen molar-refractivity contribution in [2.75, 3.05) is 7.11 Å². The average Bonchev–Trinajstić information content (AvgIpc) is 2.41. The van der Waals surface area contributed by atoms with E-state index in [2.05, 4.69) is 41.1 Å². The molecule has 18 heavy (non-hydrogen) atoms. The molecule has 2 aliphatic rings. The Kier molecular flexibility index (Phi) is 4.44. The number of hydrogen-bond acceptors (Lipinski definition) is 2. The highest BCUT2D eigenvalue weighted by atomic mass is 79.9. The van der Waals surface area contributed by atoms with Crippen molar-refractivity contribution < 1.29 is 9.53 Å². The largest absolute Gasteiger partial charge is 0.469 e. The second-order valence-electron chi connectivity index (χ2n) is 5.07. The molecule has 0 fully saturated rings. The van der Waals surface area contributed by atoms with Gasteiger partial charge in [0.1, 0.15) is 0 Å². The van der Waals surface area contributed by atoms with Crippen molar-refractivity contribution in [3.8, 4) is 0 Å². The summed E-state index contributed by atoms with van der Waals surface area (Å²) in [6.45, 7) is 2.23. The van der Waals surface area contributed by atoms with Crippen molar-refractivity contribution in [2.45, 2.75) is 32.6 Å². The lowest BCUT2D eigenvalue weighted by Crippen LogP contribution is -2.19. The fourth-order valence-electron chi connectivity index (χ4n) is 2.58. The molecule has 0 aromatic carbocycles. The van der Waals surface area contributed by atoms with Crippen molar-refractivity contribution in [2.24, 2.45) is 11.8 Å². The van der Waals surface area contributed by atoms with Crippen LogP contribution < -0.4 is 0 Å². The minimum Gasteiger partial charge on any atom is -0.469 e. The van der Waals surface area contributed by atoms with E-state index in [0.717, 1.165) is 25.7 Å². The summed E-state index contributed by atoms with van der Waals surface area (Å²) >= 11 is 3.58. The topological polar surface area (TPSA) is 26.3 Å². The van der Waals surface area contributed by atoms with Gasteiger partial charge in [-0.3, -0.25) is 4.79 Å². The normalized spacial score (nSPS) is 28.1. The van der Waals surface area contributed by atoms with Gasteiger partial charge in [0, 0.05) is 0 Å². The molecular formula is C15H19BrO2. The quantitative estimate of drug-likeness (QED) is 0.717. The molecule has 0 bridgehead atoms. The molecule has 0 aromatic rings. The van der Waals surface area contributed by atoms with E-state index in [9.17, 15) is 4.79 Å². The van der Waals surface area contributed by atoms with Crippen LogP contribution in [0.5, 0.6) is 0 Å². The summed E-state index contributed by atoms with van der Waals surface area (Å²) in [5.74, 6) is 0.547. The zero-order valence-corrected chi connectivity index (χ0v) is 12.5. The van der Waals surface area contributed by atoms with E-state index in [1.165, 1.54) is 22.7 Å². The zero-order chi connectivity index (χ0) is 13.1. The maximum Gasteiger partial charge on any atom is 0.308 e. The molecule has 2 nitrogen and oxygen atoms in total. The third-order valence-electron chi connectivity index (χ3n) is 3.80. The molecule has 0 saturated carbocycles. The summed E-state index contributed by atoms with van der Waals surface area (Å²) < 4.78 is 6.08. The highest BCUT2D eigenvalue weighted by Gasteiger charge is 2.24. The van der Waals surface area contributed by atoms with Crippen LogP contribution in [0.2, 0.25) is 0 Å². The fourth-order valence-corrected chi connectivity index (χ4v) is 2.88. The molecule has 0 aromatic heterocycles. The molecule has 0 radical (unpaired) electrons. The number of methoxy groups -OCH3 is 1. The molecule has 2 atom stereocenters. The summed E-state index contributed by atoms with van der Waals surface area (Å²) in [4.78, 5) is 11.5. The number of halogens is 1. The predicted molar refractivity (Wildman–Crippen MR) is 76.3 cm³/mol. The maximum atomic E-state index is 11.5. The molecule has 2 rings (SSSR count). The van der Waals surface area contributed by atoms with E-state index < -0.39 is 0 Å². The van der Waals surface area contributed by atoms with Crippen molar-refractivity contribution in [3.05, 3.63) is 33.9 Å². The second-order valence-corrected chi connectivity index (χ2v) is 5.99. The summed E-state index contributed by atoms with van der Waals surface area (Å²) in [5, 5.41) is 0. The first-order chi connectivity index (χ1) is 8.61. The lowest BCUT2D eigenvalue weighted by Gasteiger charge is -2.25. The number of esters is 1. The van der Waals surface area contributed by atoms with Crippen LogP contribution in [0.15, 0.2) is 33.9 Å². The van der Waals surface area contributed by atoms with Crippen LogP contribution in [0.1, 0.15) is 32.6 Å². The van der Waals surface area contributed by atoms with Gasteiger partial charge in [-0.2, -0.15) is 0 Å². The Morgan fingerprint density at radius 3 is 2.72 bits per heavy atom. The first-order valence-corrected chi connectivity index (χ1v) is 7.24. The van der Waals surface area contributed by atoms with Crippen LogP contribution in [0.25, 0.3) is 0 Å².